The van der Waals surface area contributed by atoms with Crippen molar-refractivity contribution in [3.05, 3.63) is 84.9 Å². The molecule has 156 valence electrons. The van der Waals surface area contributed by atoms with E-state index >= 15 is 0 Å². The summed E-state index contributed by atoms with van der Waals surface area (Å²) in [5.41, 5.74) is 1.70. The first-order chi connectivity index (χ1) is 15.1. The fourth-order valence-electron chi connectivity index (χ4n) is 2.85. The van der Waals surface area contributed by atoms with Crippen LogP contribution in [-0.2, 0) is 0 Å². The van der Waals surface area contributed by atoms with Crippen LogP contribution in [0.3, 0.4) is 0 Å². The van der Waals surface area contributed by atoms with Crippen LogP contribution < -0.4 is 20.7 Å². The molecule has 31 heavy (non-hydrogen) atoms. The number of nitrogens with one attached hydrogen (secondary N) is 3. The van der Waals surface area contributed by atoms with Crippen LogP contribution in [-0.4, -0.2) is 21.0 Å². The summed E-state index contributed by atoms with van der Waals surface area (Å²) in [5.74, 6) is 2.85. The van der Waals surface area contributed by atoms with Crippen LogP contribution in [0.4, 0.5) is 29.2 Å². The average molecular weight is 412 g/mol. The molecule has 0 radical (unpaired) electrons. The molecule has 0 spiro atoms. The Labute approximate surface area is 181 Å². The average Bonchev–Trinajstić information content (AvgIpc) is 2.75. The molecule has 7 nitrogen and oxygen atoms in total. The second-order valence-electron chi connectivity index (χ2n) is 7.16. The standard InChI is InChI=1S/C24H24N6O/c1-17(2)25-22-28-23(26-18-10-5-3-6-11-18)30-24(29-22)27-19-12-9-15-21(16-19)31-20-13-7-4-8-14-20/h3-17H,1-2H3,(H3,25,26,27,28,29,30). The SMILES string of the molecule is CC(C)Nc1nc(Nc2ccccc2)nc(Nc2cccc(Oc3ccccc3)c2)n1. The van der Waals surface area contributed by atoms with Crippen LogP contribution in [0.1, 0.15) is 13.8 Å². The van der Waals surface area contributed by atoms with E-state index in [0.29, 0.717) is 23.6 Å². The van der Waals surface area contributed by atoms with Crippen molar-refractivity contribution in [2.45, 2.75) is 19.9 Å². The molecule has 1 aromatic heterocycles. The minimum absolute atomic E-state index is 0.183. The van der Waals surface area contributed by atoms with Gasteiger partial charge in [-0.2, -0.15) is 15.0 Å². The van der Waals surface area contributed by atoms with E-state index in [0.717, 1.165) is 17.1 Å². The Bertz CT molecular complexity index is 1120. The number of rotatable bonds is 8. The summed E-state index contributed by atoms with van der Waals surface area (Å²) < 4.78 is 5.92. The summed E-state index contributed by atoms with van der Waals surface area (Å²) in [5, 5.41) is 9.70. The third-order valence-electron chi connectivity index (χ3n) is 4.15. The van der Waals surface area contributed by atoms with Crippen molar-refractivity contribution < 1.29 is 4.74 Å². The van der Waals surface area contributed by atoms with Crippen molar-refractivity contribution in [3.63, 3.8) is 0 Å². The topological polar surface area (TPSA) is 84.0 Å². The van der Waals surface area contributed by atoms with Gasteiger partial charge in [0.2, 0.25) is 17.8 Å². The molecule has 3 N–H and O–H groups in total. The quantitative estimate of drug-likeness (QED) is 0.329. The van der Waals surface area contributed by atoms with E-state index in [2.05, 4.69) is 30.9 Å². The summed E-state index contributed by atoms with van der Waals surface area (Å²) >= 11 is 0. The lowest BCUT2D eigenvalue weighted by molar-refractivity contribution is 0.483. The maximum atomic E-state index is 5.92. The van der Waals surface area contributed by atoms with Gasteiger partial charge in [-0.3, -0.25) is 0 Å². The second-order valence-corrected chi connectivity index (χ2v) is 7.16. The number of benzene rings is 3. The van der Waals surface area contributed by atoms with E-state index in [1.807, 2.05) is 98.8 Å². The van der Waals surface area contributed by atoms with Gasteiger partial charge < -0.3 is 20.7 Å². The Morgan fingerprint density at radius 1 is 0.613 bits per heavy atom. The van der Waals surface area contributed by atoms with E-state index in [4.69, 9.17) is 4.74 Å². The summed E-state index contributed by atoms with van der Waals surface area (Å²) in [6, 6.07) is 27.3. The number of aromatic nitrogens is 3. The molecule has 0 atom stereocenters. The van der Waals surface area contributed by atoms with Gasteiger partial charge in [-0.25, -0.2) is 0 Å². The van der Waals surface area contributed by atoms with E-state index in [1.54, 1.807) is 0 Å². The molecule has 0 fully saturated rings. The minimum Gasteiger partial charge on any atom is -0.457 e. The van der Waals surface area contributed by atoms with Crippen LogP contribution in [0.15, 0.2) is 84.9 Å². The van der Waals surface area contributed by atoms with Crippen LogP contribution in [0.2, 0.25) is 0 Å². The van der Waals surface area contributed by atoms with Gasteiger partial charge in [-0.05, 0) is 50.2 Å². The van der Waals surface area contributed by atoms with Gasteiger partial charge in [0.25, 0.3) is 0 Å². The van der Waals surface area contributed by atoms with Gasteiger partial charge in [-0.15, -0.1) is 0 Å². The number of hydrogen-bond donors (Lipinski definition) is 3. The van der Waals surface area contributed by atoms with E-state index in [-0.39, 0.29) is 6.04 Å². The third-order valence-corrected chi connectivity index (χ3v) is 4.15. The maximum Gasteiger partial charge on any atom is 0.233 e. The Morgan fingerprint density at radius 3 is 1.84 bits per heavy atom. The fraction of sp³-hybridized carbons (Fsp3) is 0.125. The molecule has 7 heteroatoms. The smallest absolute Gasteiger partial charge is 0.233 e. The number of hydrogen-bond acceptors (Lipinski definition) is 7. The van der Waals surface area contributed by atoms with Crippen molar-refractivity contribution in [2.24, 2.45) is 0 Å². The number of nitrogens with zero attached hydrogens (tertiary/aromatic N) is 3. The van der Waals surface area contributed by atoms with Crippen molar-refractivity contribution in [1.82, 2.24) is 15.0 Å². The second kappa shape index (κ2) is 9.58. The molecule has 0 saturated carbocycles. The molecule has 0 aliphatic carbocycles. The normalized spacial score (nSPS) is 10.5. The third kappa shape index (κ3) is 5.93. The molecule has 0 saturated heterocycles. The van der Waals surface area contributed by atoms with E-state index < -0.39 is 0 Å². The molecule has 0 aliphatic rings. The van der Waals surface area contributed by atoms with Crippen molar-refractivity contribution >= 4 is 29.2 Å². The van der Waals surface area contributed by atoms with E-state index in [9.17, 15) is 0 Å². The van der Waals surface area contributed by atoms with Crippen molar-refractivity contribution in [1.29, 1.82) is 0 Å². The lowest BCUT2D eigenvalue weighted by Gasteiger charge is -2.13. The van der Waals surface area contributed by atoms with Gasteiger partial charge in [0, 0.05) is 23.5 Å². The van der Waals surface area contributed by atoms with Crippen LogP contribution >= 0.6 is 0 Å². The molecule has 0 aliphatic heterocycles. The monoisotopic (exact) mass is 412 g/mol. The van der Waals surface area contributed by atoms with E-state index in [1.165, 1.54) is 0 Å². The van der Waals surface area contributed by atoms with Crippen LogP contribution in [0.5, 0.6) is 11.5 Å². The lowest BCUT2D eigenvalue weighted by Crippen LogP contribution is -2.15. The van der Waals surface area contributed by atoms with Crippen LogP contribution in [0, 0.1) is 0 Å². The predicted octanol–water partition coefficient (Wildman–Crippen LogP) is 5.97. The molecule has 0 amide bonds. The van der Waals surface area contributed by atoms with Gasteiger partial charge in [0.15, 0.2) is 0 Å². The Morgan fingerprint density at radius 2 is 1.16 bits per heavy atom. The number of para-hydroxylation sites is 2. The summed E-state index contributed by atoms with van der Waals surface area (Å²) in [4.78, 5) is 13.5. The predicted molar refractivity (Wildman–Crippen MR) is 125 cm³/mol. The van der Waals surface area contributed by atoms with Crippen LogP contribution in [0.25, 0.3) is 0 Å². The number of ether oxygens (including phenoxy) is 1. The molecule has 1 heterocycles. The zero-order valence-corrected chi connectivity index (χ0v) is 17.4. The minimum atomic E-state index is 0.183. The highest BCUT2D eigenvalue weighted by Crippen LogP contribution is 2.25. The lowest BCUT2D eigenvalue weighted by atomic mass is 10.3. The van der Waals surface area contributed by atoms with Gasteiger partial charge in [0.1, 0.15) is 11.5 Å². The van der Waals surface area contributed by atoms with Gasteiger partial charge >= 0.3 is 0 Å². The van der Waals surface area contributed by atoms with Gasteiger partial charge in [-0.1, -0.05) is 42.5 Å². The molecule has 4 rings (SSSR count). The zero-order chi connectivity index (χ0) is 21.5. The first-order valence-corrected chi connectivity index (χ1v) is 10.1. The summed E-state index contributed by atoms with van der Waals surface area (Å²) in [7, 11) is 0. The summed E-state index contributed by atoms with van der Waals surface area (Å²) in [6.45, 7) is 4.07. The zero-order valence-electron chi connectivity index (χ0n) is 17.4. The largest absolute Gasteiger partial charge is 0.457 e. The van der Waals surface area contributed by atoms with Crippen molar-refractivity contribution in [2.75, 3.05) is 16.0 Å². The molecule has 4 aromatic rings. The Balaban J connectivity index is 1.56. The Hall–Kier alpha value is -4.13. The summed E-state index contributed by atoms with van der Waals surface area (Å²) in [6.07, 6.45) is 0. The van der Waals surface area contributed by atoms with Crippen molar-refractivity contribution in [3.8, 4) is 11.5 Å². The molecule has 3 aromatic carbocycles. The highest BCUT2D eigenvalue weighted by atomic mass is 16.5. The first kappa shape index (κ1) is 20.2. The number of anilines is 5. The fourth-order valence-corrected chi connectivity index (χ4v) is 2.85. The molecular weight excluding hydrogens is 388 g/mol. The highest BCUT2D eigenvalue weighted by Gasteiger charge is 2.09. The molecular formula is C24H24N6O. The van der Waals surface area contributed by atoms with Gasteiger partial charge in [0.05, 0.1) is 0 Å². The highest BCUT2D eigenvalue weighted by molar-refractivity contribution is 5.60. The Kier molecular flexibility index (Phi) is 6.23. The molecule has 0 bridgehead atoms. The maximum absolute atomic E-state index is 5.92. The molecule has 0 unspecified atom stereocenters. The first-order valence-electron chi connectivity index (χ1n) is 10.1.